The lowest BCUT2D eigenvalue weighted by molar-refractivity contribution is -0.576. The summed E-state index contributed by atoms with van der Waals surface area (Å²) in [6.07, 6.45) is 3.99. The maximum absolute atomic E-state index is 13.1. The molecule has 2 atom stereocenters. The van der Waals surface area contributed by atoms with Gasteiger partial charge in [-0.3, -0.25) is 14.5 Å². The number of carbonyl (C=O) groups excluding carboxylic acids is 2. The summed E-state index contributed by atoms with van der Waals surface area (Å²) in [5.74, 6) is -2.19. The van der Waals surface area contributed by atoms with Crippen molar-refractivity contribution in [1.29, 1.82) is 0 Å². The number of rotatable bonds is 9. The lowest BCUT2D eigenvalue weighted by Gasteiger charge is -2.49. The number of H-pyrrole nitrogens is 1. The van der Waals surface area contributed by atoms with Crippen molar-refractivity contribution in [2.24, 2.45) is 5.16 Å². The molecule has 15 heteroatoms. The molecule has 3 aromatic rings. The Hall–Kier alpha value is -3.98. The van der Waals surface area contributed by atoms with E-state index in [-0.39, 0.29) is 28.8 Å². The fourth-order valence-electron chi connectivity index (χ4n) is 4.18. The number of carbonyl (C=O) groups is 3. The van der Waals surface area contributed by atoms with Gasteiger partial charge < -0.3 is 21.0 Å². The summed E-state index contributed by atoms with van der Waals surface area (Å²) in [4.78, 5) is 48.3. The van der Waals surface area contributed by atoms with Crippen LogP contribution >= 0.6 is 23.1 Å². The normalized spacial score (nSPS) is 19.5. The number of hydrogen-bond acceptors (Lipinski definition) is 9. The molecule has 3 aromatic heterocycles. The third kappa shape index (κ3) is 4.62. The van der Waals surface area contributed by atoms with E-state index in [2.05, 4.69) is 20.6 Å². The van der Waals surface area contributed by atoms with Crippen LogP contribution in [0.1, 0.15) is 11.3 Å². The van der Waals surface area contributed by atoms with Gasteiger partial charge in [-0.25, -0.2) is 14.2 Å². The van der Waals surface area contributed by atoms with E-state index in [4.69, 9.17) is 10.6 Å². The summed E-state index contributed by atoms with van der Waals surface area (Å²) in [6.45, 7) is -1.17. The van der Waals surface area contributed by atoms with Gasteiger partial charge in [-0.15, -0.1) is 23.1 Å². The number of aliphatic carboxylic acids is 1. The molecule has 192 valence electrons. The number of halogens is 1. The molecule has 2 aliphatic rings. The van der Waals surface area contributed by atoms with Crippen LogP contribution in [-0.2, 0) is 25.6 Å². The Balaban J connectivity index is 1.36. The number of amides is 2. The number of anilines is 1. The predicted octanol–water partition coefficient (Wildman–Crippen LogP) is 0.464. The highest BCUT2D eigenvalue weighted by Crippen LogP contribution is 2.41. The van der Waals surface area contributed by atoms with Crippen LogP contribution in [-0.4, -0.2) is 74.0 Å². The van der Waals surface area contributed by atoms with Crippen molar-refractivity contribution in [3.8, 4) is 0 Å². The second-order valence-electron chi connectivity index (χ2n) is 8.08. The van der Waals surface area contributed by atoms with Crippen LogP contribution in [0.2, 0.25) is 0 Å². The van der Waals surface area contributed by atoms with E-state index in [1.165, 1.54) is 22.0 Å². The topological polar surface area (TPSA) is 167 Å². The Morgan fingerprint density at radius 2 is 2.27 bits per heavy atom. The van der Waals surface area contributed by atoms with Crippen LogP contribution in [0.25, 0.3) is 5.52 Å². The second kappa shape index (κ2) is 10.2. The van der Waals surface area contributed by atoms with Crippen LogP contribution in [0.3, 0.4) is 0 Å². The smallest absolute Gasteiger partial charge is 0.352 e. The van der Waals surface area contributed by atoms with Crippen molar-refractivity contribution in [2.75, 3.05) is 24.8 Å². The van der Waals surface area contributed by atoms with Crippen LogP contribution in [0.15, 0.2) is 52.4 Å². The summed E-state index contributed by atoms with van der Waals surface area (Å²) in [7, 11) is 0. The van der Waals surface area contributed by atoms with Crippen molar-refractivity contribution in [2.45, 2.75) is 17.8 Å². The van der Waals surface area contributed by atoms with Gasteiger partial charge in [-0.1, -0.05) is 9.67 Å². The van der Waals surface area contributed by atoms with E-state index in [0.29, 0.717) is 17.7 Å². The van der Waals surface area contributed by atoms with Crippen molar-refractivity contribution in [1.82, 2.24) is 20.3 Å². The first-order valence-corrected chi connectivity index (χ1v) is 13.0. The van der Waals surface area contributed by atoms with Crippen molar-refractivity contribution in [3.63, 3.8) is 0 Å². The SMILES string of the molecule is Nc1nc(/C(=N/OCCF)C(=O)N[C@@H]2C(=O)N3C(C(=O)O)=C(Cc4c[nH][n+]5ccccc45)CS[C@H]23)cs1. The Kier molecular flexibility index (Phi) is 6.80. The van der Waals surface area contributed by atoms with Gasteiger partial charge in [0.2, 0.25) is 5.52 Å². The number of nitrogens with one attached hydrogen (secondary N) is 2. The highest BCUT2D eigenvalue weighted by molar-refractivity contribution is 8.00. The van der Waals surface area contributed by atoms with E-state index < -0.39 is 35.9 Å². The molecule has 0 bridgehead atoms. The number of β-lactam (4-membered cyclic amide) rings is 1. The lowest BCUT2D eigenvalue weighted by atomic mass is 9.99. The van der Waals surface area contributed by atoms with Crippen LogP contribution in [0.4, 0.5) is 9.52 Å². The van der Waals surface area contributed by atoms with Crippen molar-refractivity contribution < 1.29 is 33.2 Å². The van der Waals surface area contributed by atoms with E-state index in [9.17, 15) is 23.9 Å². The third-order valence-electron chi connectivity index (χ3n) is 5.81. The standard InChI is InChI=1S/C22H20FN7O5S2/c23-4-6-35-28-15(13-10-37-22(24)26-13)18(31)27-16-19(32)30-17(21(33)34)12(9-36-20(16)30)7-11-8-25-29-5-2-1-3-14(11)29/h1-3,5,8,10,16,20H,4,6-7,9H2,(H4,24,26,27,31,33,34)/p+1/b28-15-/t16-,20-/m1/s1. The fraction of sp³-hybridized carbons (Fsp3) is 0.273. The molecule has 0 unspecified atom stereocenters. The van der Waals surface area contributed by atoms with Gasteiger partial charge in [0.1, 0.15) is 36.1 Å². The zero-order valence-electron chi connectivity index (χ0n) is 19.1. The van der Waals surface area contributed by atoms with Gasteiger partial charge in [0.05, 0.1) is 11.8 Å². The number of pyridine rings is 1. The summed E-state index contributed by atoms with van der Waals surface area (Å²) >= 11 is 2.43. The minimum Gasteiger partial charge on any atom is -0.477 e. The average Bonchev–Trinajstić information content (AvgIpc) is 3.50. The molecule has 1 fully saturated rings. The predicted molar refractivity (Wildman–Crippen MR) is 132 cm³/mol. The molecule has 0 radical (unpaired) electrons. The Morgan fingerprint density at radius 1 is 1.43 bits per heavy atom. The second-order valence-corrected chi connectivity index (χ2v) is 10.1. The highest BCUT2D eigenvalue weighted by Gasteiger charge is 2.54. The Morgan fingerprint density at radius 3 is 3.00 bits per heavy atom. The van der Waals surface area contributed by atoms with Gasteiger partial charge in [-0.05, 0) is 11.6 Å². The van der Waals surface area contributed by atoms with Gasteiger partial charge >= 0.3 is 5.97 Å². The third-order valence-corrected chi connectivity index (χ3v) is 7.82. The summed E-state index contributed by atoms with van der Waals surface area (Å²) in [6, 6.07) is 4.69. The van der Waals surface area contributed by atoms with Crippen LogP contribution in [0.5, 0.6) is 0 Å². The van der Waals surface area contributed by atoms with Crippen LogP contribution in [0, 0.1) is 0 Å². The molecule has 1 saturated heterocycles. The number of carboxylic acid groups (broad SMARTS) is 1. The molecule has 0 saturated carbocycles. The zero-order chi connectivity index (χ0) is 26.1. The zero-order valence-corrected chi connectivity index (χ0v) is 20.7. The number of nitrogens with two attached hydrogens (primary N) is 1. The maximum Gasteiger partial charge on any atom is 0.352 e. The molecule has 5 rings (SSSR count). The van der Waals surface area contributed by atoms with Gasteiger partial charge in [0.25, 0.3) is 11.8 Å². The molecular weight excluding hydrogens is 525 g/mol. The van der Waals surface area contributed by atoms with Gasteiger partial charge in [0, 0.05) is 29.7 Å². The summed E-state index contributed by atoms with van der Waals surface area (Å²) in [5, 5.41) is 20.4. The molecule has 0 spiro atoms. The minimum absolute atomic E-state index is 0.0815. The Labute approximate surface area is 217 Å². The quantitative estimate of drug-likeness (QED) is 0.0988. The Bertz CT molecular complexity index is 1450. The van der Waals surface area contributed by atoms with E-state index >= 15 is 0 Å². The first-order valence-electron chi connectivity index (χ1n) is 11.0. The minimum atomic E-state index is -1.22. The largest absolute Gasteiger partial charge is 0.477 e. The molecule has 5 N–H and O–H groups in total. The highest BCUT2D eigenvalue weighted by atomic mass is 32.2. The summed E-state index contributed by atoms with van der Waals surface area (Å²) < 4.78 is 14.3. The van der Waals surface area contributed by atoms with E-state index in [1.807, 2.05) is 28.9 Å². The summed E-state index contributed by atoms with van der Waals surface area (Å²) in [5.41, 5.74) is 7.80. The molecular formula is C22H21FN7O5S2+. The number of aromatic amines is 1. The van der Waals surface area contributed by atoms with Gasteiger partial charge in [-0.2, -0.15) is 5.10 Å². The molecule has 2 amide bonds. The number of hydrogen-bond donors (Lipinski definition) is 4. The van der Waals surface area contributed by atoms with Crippen molar-refractivity contribution in [3.05, 3.63) is 58.5 Å². The average molecular weight is 547 g/mol. The molecule has 5 heterocycles. The maximum atomic E-state index is 13.1. The van der Waals surface area contributed by atoms with E-state index in [0.717, 1.165) is 22.4 Å². The molecule has 2 aliphatic heterocycles. The number of thiazole rings is 1. The fourth-order valence-corrected chi connectivity index (χ4v) is 6.08. The first-order chi connectivity index (χ1) is 17.9. The number of aromatic nitrogens is 3. The molecule has 0 aromatic carbocycles. The number of nitrogens with zero attached hydrogens (tertiary/aromatic N) is 4. The molecule has 37 heavy (non-hydrogen) atoms. The number of alkyl halides is 1. The van der Waals surface area contributed by atoms with Gasteiger partial charge in [0.15, 0.2) is 17.0 Å². The first kappa shape index (κ1) is 24.7. The number of nitrogen functional groups attached to an aromatic ring is 1. The number of thioether (sulfide) groups is 1. The number of fused-ring (bicyclic) bond motifs is 2. The van der Waals surface area contributed by atoms with Crippen LogP contribution < -0.4 is 15.6 Å². The molecule has 12 nitrogen and oxygen atoms in total. The van der Waals surface area contributed by atoms with E-state index in [1.54, 1.807) is 6.20 Å². The molecule has 0 aliphatic carbocycles. The number of oxime groups is 1. The van der Waals surface area contributed by atoms with Crippen molar-refractivity contribution >= 4 is 57.2 Å². The number of carboxylic acids is 1. The lowest BCUT2D eigenvalue weighted by Crippen LogP contribution is -2.71. The monoisotopic (exact) mass is 546 g/mol.